The molecule has 1 aromatic rings. The number of rotatable bonds is 7. The summed E-state index contributed by atoms with van der Waals surface area (Å²) in [5.41, 5.74) is 1.08. The lowest BCUT2D eigenvalue weighted by Gasteiger charge is -2.25. The predicted octanol–water partition coefficient (Wildman–Crippen LogP) is 1.89. The van der Waals surface area contributed by atoms with E-state index >= 15 is 0 Å². The molecule has 1 aliphatic heterocycles. The van der Waals surface area contributed by atoms with Crippen LogP contribution in [0.25, 0.3) is 0 Å². The average Bonchev–Trinajstić information content (AvgIpc) is 2.97. The number of nitrogens with zero attached hydrogens (tertiary/aromatic N) is 4. The van der Waals surface area contributed by atoms with Crippen molar-refractivity contribution in [3.63, 3.8) is 0 Å². The Morgan fingerprint density at radius 1 is 1.53 bits per heavy atom. The Bertz CT molecular complexity index is 381. The van der Waals surface area contributed by atoms with Gasteiger partial charge < -0.3 is 10.2 Å². The summed E-state index contributed by atoms with van der Waals surface area (Å²) in [5.74, 6) is 0. The van der Waals surface area contributed by atoms with E-state index in [9.17, 15) is 0 Å². The normalized spacial score (nSPS) is 20.3. The molecule has 1 N–H and O–H groups in total. The molecule has 0 saturated carbocycles. The van der Waals surface area contributed by atoms with Crippen molar-refractivity contribution in [1.29, 1.82) is 0 Å². The Hall–Kier alpha value is -0.720. The molecule has 2 rings (SSSR count). The van der Waals surface area contributed by atoms with Gasteiger partial charge in [0.25, 0.3) is 0 Å². The minimum absolute atomic E-state index is 0.698. The number of aromatic nitrogens is 2. The molecule has 1 fully saturated rings. The molecular weight excluding hydrogens is 258 g/mol. The lowest BCUT2D eigenvalue weighted by Crippen LogP contribution is -2.36. The van der Waals surface area contributed by atoms with Gasteiger partial charge in [-0.2, -0.15) is 0 Å². The van der Waals surface area contributed by atoms with Gasteiger partial charge in [-0.1, -0.05) is 11.4 Å². The molecule has 1 saturated heterocycles. The molecule has 0 aromatic carbocycles. The van der Waals surface area contributed by atoms with Gasteiger partial charge in [0.15, 0.2) is 0 Å². The Morgan fingerprint density at radius 3 is 3.05 bits per heavy atom. The molecule has 0 spiro atoms. The van der Waals surface area contributed by atoms with Crippen LogP contribution in [0, 0.1) is 0 Å². The highest BCUT2D eigenvalue weighted by atomic mass is 32.1. The topological polar surface area (TPSA) is 44.3 Å². The van der Waals surface area contributed by atoms with Gasteiger partial charge in [0, 0.05) is 37.2 Å². The maximum absolute atomic E-state index is 4.25. The van der Waals surface area contributed by atoms with Crippen LogP contribution >= 0.6 is 11.5 Å². The fourth-order valence-electron chi connectivity index (χ4n) is 2.57. The SMILES string of the molecule is CCCNc1snnc1CN(C)CC1CCCN1C. The van der Waals surface area contributed by atoms with Gasteiger partial charge in [-0.3, -0.25) is 4.90 Å². The zero-order valence-electron chi connectivity index (χ0n) is 12.2. The summed E-state index contributed by atoms with van der Waals surface area (Å²) in [6.45, 7) is 6.39. The van der Waals surface area contributed by atoms with Crippen molar-refractivity contribution in [3.05, 3.63) is 5.69 Å². The summed E-state index contributed by atoms with van der Waals surface area (Å²) in [7, 11) is 4.40. The van der Waals surface area contributed by atoms with E-state index < -0.39 is 0 Å². The van der Waals surface area contributed by atoms with Crippen molar-refractivity contribution in [2.45, 2.75) is 38.8 Å². The van der Waals surface area contributed by atoms with Crippen molar-refractivity contribution in [1.82, 2.24) is 19.4 Å². The minimum atomic E-state index is 0.698. The minimum Gasteiger partial charge on any atom is -0.374 e. The fourth-order valence-corrected chi connectivity index (χ4v) is 3.17. The summed E-state index contributed by atoms with van der Waals surface area (Å²) in [4.78, 5) is 4.83. The highest BCUT2D eigenvalue weighted by molar-refractivity contribution is 7.10. The summed E-state index contributed by atoms with van der Waals surface area (Å²) in [6, 6.07) is 0.698. The zero-order chi connectivity index (χ0) is 13.7. The predicted molar refractivity (Wildman–Crippen MR) is 80.7 cm³/mol. The molecule has 6 heteroatoms. The summed E-state index contributed by atoms with van der Waals surface area (Å²) in [5, 5.41) is 8.79. The first-order chi connectivity index (χ1) is 9.20. The second-order valence-electron chi connectivity index (χ2n) is 5.45. The third-order valence-corrected chi connectivity index (χ3v) is 4.43. The largest absolute Gasteiger partial charge is 0.374 e. The van der Waals surface area contributed by atoms with E-state index in [1.165, 1.54) is 30.9 Å². The van der Waals surface area contributed by atoms with Crippen LogP contribution in [0.4, 0.5) is 5.00 Å². The average molecular weight is 283 g/mol. The van der Waals surface area contributed by atoms with Gasteiger partial charge >= 0.3 is 0 Å². The number of nitrogens with one attached hydrogen (secondary N) is 1. The molecule has 1 unspecified atom stereocenters. The lowest BCUT2D eigenvalue weighted by atomic mass is 10.2. The number of likely N-dealkylation sites (N-methyl/N-ethyl adjacent to an activating group) is 2. The van der Waals surface area contributed by atoms with E-state index in [0.717, 1.165) is 36.8 Å². The van der Waals surface area contributed by atoms with Crippen LogP contribution in [0.5, 0.6) is 0 Å². The lowest BCUT2D eigenvalue weighted by molar-refractivity contribution is 0.214. The highest BCUT2D eigenvalue weighted by Crippen LogP contribution is 2.20. The maximum atomic E-state index is 4.25. The van der Waals surface area contributed by atoms with Crippen molar-refractivity contribution in [3.8, 4) is 0 Å². The molecule has 0 amide bonds. The fraction of sp³-hybridized carbons (Fsp3) is 0.846. The zero-order valence-corrected chi connectivity index (χ0v) is 13.0. The van der Waals surface area contributed by atoms with Crippen molar-refractivity contribution >= 4 is 16.5 Å². The molecule has 19 heavy (non-hydrogen) atoms. The Kier molecular flexibility index (Phi) is 5.54. The third-order valence-electron chi connectivity index (χ3n) is 3.70. The first-order valence-corrected chi connectivity index (χ1v) is 7.92. The van der Waals surface area contributed by atoms with Crippen LogP contribution in [-0.4, -0.2) is 59.2 Å². The summed E-state index contributed by atoms with van der Waals surface area (Å²) < 4.78 is 4.07. The molecule has 0 aliphatic carbocycles. The first-order valence-electron chi connectivity index (χ1n) is 7.14. The van der Waals surface area contributed by atoms with Crippen LogP contribution in [0.1, 0.15) is 31.9 Å². The van der Waals surface area contributed by atoms with Crippen molar-refractivity contribution in [2.75, 3.05) is 39.0 Å². The van der Waals surface area contributed by atoms with Crippen LogP contribution in [0.2, 0.25) is 0 Å². The second-order valence-corrected chi connectivity index (χ2v) is 6.20. The number of likely N-dealkylation sites (tertiary alicyclic amines) is 1. The van der Waals surface area contributed by atoms with Gasteiger partial charge in [0.2, 0.25) is 0 Å². The Balaban J connectivity index is 1.84. The molecule has 0 bridgehead atoms. The van der Waals surface area contributed by atoms with Crippen LogP contribution in [-0.2, 0) is 6.54 Å². The van der Waals surface area contributed by atoms with Gasteiger partial charge in [0.1, 0.15) is 10.7 Å². The maximum Gasteiger partial charge on any atom is 0.134 e. The van der Waals surface area contributed by atoms with E-state index in [1.54, 1.807) is 0 Å². The van der Waals surface area contributed by atoms with Crippen molar-refractivity contribution < 1.29 is 0 Å². The van der Waals surface area contributed by atoms with E-state index in [2.05, 4.69) is 45.7 Å². The molecule has 1 aliphatic rings. The highest BCUT2D eigenvalue weighted by Gasteiger charge is 2.22. The van der Waals surface area contributed by atoms with E-state index in [1.807, 2.05) is 0 Å². The molecule has 1 aromatic heterocycles. The van der Waals surface area contributed by atoms with Crippen LogP contribution in [0.15, 0.2) is 0 Å². The number of hydrogen-bond acceptors (Lipinski definition) is 6. The third kappa shape index (κ3) is 4.12. The molecule has 2 heterocycles. The number of anilines is 1. The first kappa shape index (κ1) is 14.7. The molecule has 5 nitrogen and oxygen atoms in total. The van der Waals surface area contributed by atoms with Gasteiger partial charge in [-0.25, -0.2) is 0 Å². The molecule has 108 valence electrons. The molecular formula is C13H25N5S. The summed E-state index contributed by atoms with van der Waals surface area (Å²) >= 11 is 1.47. The number of hydrogen-bond donors (Lipinski definition) is 1. The smallest absolute Gasteiger partial charge is 0.134 e. The van der Waals surface area contributed by atoms with Crippen LogP contribution in [0.3, 0.4) is 0 Å². The summed E-state index contributed by atoms with van der Waals surface area (Å²) in [6.07, 6.45) is 3.77. The van der Waals surface area contributed by atoms with Crippen LogP contribution < -0.4 is 5.32 Å². The Labute approximate surface area is 120 Å². The van der Waals surface area contributed by atoms with Crippen molar-refractivity contribution in [2.24, 2.45) is 0 Å². The van der Waals surface area contributed by atoms with E-state index in [4.69, 9.17) is 0 Å². The Morgan fingerprint density at radius 2 is 2.37 bits per heavy atom. The van der Waals surface area contributed by atoms with Gasteiger partial charge in [-0.05, 0) is 39.9 Å². The molecule has 0 radical (unpaired) electrons. The van der Waals surface area contributed by atoms with E-state index in [-0.39, 0.29) is 0 Å². The van der Waals surface area contributed by atoms with Gasteiger partial charge in [0.05, 0.1) is 0 Å². The van der Waals surface area contributed by atoms with Gasteiger partial charge in [-0.15, -0.1) is 5.10 Å². The quantitative estimate of drug-likeness (QED) is 0.828. The monoisotopic (exact) mass is 283 g/mol. The second kappa shape index (κ2) is 7.17. The standard InChI is InChI=1S/C13H25N5S/c1-4-7-14-13-12(15-16-19-13)10-17(2)9-11-6-5-8-18(11)3/h11,14H,4-10H2,1-3H3. The molecule has 1 atom stereocenters. The van der Waals surface area contributed by atoms with E-state index in [0.29, 0.717) is 6.04 Å².